The van der Waals surface area contributed by atoms with Crippen LogP contribution < -0.4 is 4.72 Å². The number of nitrogens with one attached hydrogen (secondary N) is 1. The van der Waals surface area contributed by atoms with Crippen LogP contribution in [0.1, 0.15) is 11.1 Å². The molecule has 6 nitrogen and oxygen atoms in total. The zero-order chi connectivity index (χ0) is 18.5. The van der Waals surface area contributed by atoms with Crippen LogP contribution in [-0.2, 0) is 26.6 Å². The second-order valence-electron chi connectivity index (χ2n) is 5.79. The van der Waals surface area contributed by atoms with Crippen molar-refractivity contribution in [2.24, 2.45) is 0 Å². The molecular formula is C17H22N2O4S2. The van der Waals surface area contributed by atoms with Gasteiger partial charge in [-0.3, -0.25) is 0 Å². The van der Waals surface area contributed by atoms with Gasteiger partial charge in [0.05, 0.1) is 11.2 Å². The maximum atomic E-state index is 12.2. The van der Waals surface area contributed by atoms with Gasteiger partial charge >= 0.3 is 0 Å². The van der Waals surface area contributed by atoms with Crippen molar-refractivity contribution in [2.45, 2.75) is 18.4 Å². The number of benzene rings is 2. The minimum Gasteiger partial charge on any atom is -0.212 e. The third kappa shape index (κ3) is 5.93. The maximum Gasteiger partial charge on any atom is 0.240 e. The van der Waals surface area contributed by atoms with E-state index in [0.717, 1.165) is 17.4 Å². The van der Waals surface area contributed by atoms with E-state index in [1.807, 2.05) is 31.2 Å². The van der Waals surface area contributed by atoms with Crippen molar-refractivity contribution in [3.8, 4) is 0 Å². The first-order valence-corrected chi connectivity index (χ1v) is 11.1. The summed E-state index contributed by atoms with van der Waals surface area (Å²) in [6, 6.07) is 15.5. The topological polar surface area (TPSA) is 83.6 Å². The van der Waals surface area contributed by atoms with Gasteiger partial charge in [0.25, 0.3) is 0 Å². The van der Waals surface area contributed by atoms with Gasteiger partial charge in [-0.25, -0.2) is 21.6 Å². The molecule has 0 aliphatic heterocycles. The van der Waals surface area contributed by atoms with Crippen molar-refractivity contribution >= 4 is 20.0 Å². The molecule has 2 aromatic carbocycles. The highest BCUT2D eigenvalue weighted by Gasteiger charge is 2.19. The molecule has 2 aromatic rings. The highest BCUT2D eigenvalue weighted by molar-refractivity contribution is 7.89. The SMILES string of the molecule is Cc1ccc(CN(CCNS(=O)(=O)c2ccccc2)S(C)(=O)=O)cc1. The van der Waals surface area contributed by atoms with Crippen molar-refractivity contribution < 1.29 is 16.8 Å². The van der Waals surface area contributed by atoms with Crippen LogP contribution in [0.5, 0.6) is 0 Å². The van der Waals surface area contributed by atoms with Crippen LogP contribution in [0.15, 0.2) is 59.5 Å². The maximum absolute atomic E-state index is 12.2. The molecule has 0 unspecified atom stereocenters. The van der Waals surface area contributed by atoms with Crippen molar-refractivity contribution in [3.63, 3.8) is 0 Å². The van der Waals surface area contributed by atoms with Gasteiger partial charge in [0.15, 0.2) is 0 Å². The minimum absolute atomic E-state index is 0.00381. The summed E-state index contributed by atoms with van der Waals surface area (Å²) in [6.45, 7) is 2.21. The van der Waals surface area contributed by atoms with E-state index in [4.69, 9.17) is 0 Å². The fraction of sp³-hybridized carbons (Fsp3) is 0.294. The van der Waals surface area contributed by atoms with E-state index in [0.29, 0.717) is 0 Å². The minimum atomic E-state index is -3.65. The van der Waals surface area contributed by atoms with Crippen LogP contribution in [0, 0.1) is 6.92 Å². The molecule has 0 aliphatic rings. The van der Waals surface area contributed by atoms with Gasteiger partial charge < -0.3 is 0 Å². The van der Waals surface area contributed by atoms with Crippen LogP contribution >= 0.6 is 0 Å². The summed E-state index contributed by atoms with van der Waals surface area (Å²) in [7, 11) is -7.11. The lowest BCUT2D eigenvalue weighted by Gasteiger charge is -2.20. The molecule has 0 aliphatic carbocycles. The molecule has 8 heteroatoms. The first-order valence-electron chi connectivity index (χ1n) is 7.74. The Morgan fingerprint density at radius 2 is 1.52 bits per heavy atom. The van der Waals surface area contributed by atoms with E-state index in [1.165, 1.54) is 16.4 Å². The van der Waals surface area contributed by atoms with Crippen molar-refractivity contribution in [1.82, 2.24) is 9.03 Å². The van der Waals surface area contributed by atoms with Crippen molar-refractivity contribution in [3.05, 3.63) is 65.7 Å². The summed E-state index contributed by atoms with van der Waals surface area (Å²) < 4.78 is 52.0. The molecule has 0 bridgehead atoms. The predicted octanol–water partition coefficient (Wildman–Crippen LogP) is 1.74. The zero-order valence-corrected chi connectivity index (χ0v) is 15.8. The highest BCUT2D eigenvalue weighted by atomic mass is 32.2. The van der Waals surface area contributed by atoms with Gasteiger partial charge in [-0.1, -0.05) is 48.0 Å². The lowest BCUT2D eigenvalue weighted by molar-refractivity contribution is 0.412. The fourth-order valence-corrected chi connectivity index (χ4v) is 4.10. The molecular weight excluding hydrogens is 360 g/mol. The Kier molecular flexibility index (Phi) is 6.34. The molecule has 0 saturated carbocycles. The van der Waals surface area contributed by atoms with E-state index in [-0.39, 0.29) is 24.5 Å². The molecule has 136 valence electrons. The summed E-state index contributed by atoms with van der Waals surface area (Å²) >= 11 is 0. The van der Waals surface area contributed by atoms with Gasteiger partial charge in [0.2, 0.25) is 20.0 Å². The first kappa shape index (κ1) is 19.6. The summed E-state index contributed by atoms with van der Waals surface area (Å²) in [6.07, 6.45) is 1.12. The smallest absolute Gasteiger partial charge is 0.212 e. The van der Waals surface area contributed by atoms with E-state index >= 15 is 0 Å². The number of rotatable bonds is 8. The molecule has 1 N–H and O–H groups in total. The summed E-state index contributed by atoms with van der Waals surface area (Å²) in [5, 5.41) is 0. The van der Waals surface area contributed by atoms with Crippen molar-refractivity contribution in [1.29, 1.82) is 0 Å². The van der Waals surface area contributed by atoms with E-state index in [9.17, 15) is 16.8 Å². The Hall–Kier alpha value is -1.74. The van der Waals surface area contributed by atoms with Crippen LogP contribution in [0.25, 0.3) is 0 Å². The van der Waals surface area contributed by atoms with E-state index in [1.54, 1.807) is 18.2 Å². The predicted molar refractivity (Wildman–Crippen MR) is 98.1 cm³/mol. The average Bonchev–Trinajstić information content (AvgIpc) is 2.55. The summed E-state index contributed by atoms with van der Waals surface area (Å²) in [4.78, 5) is 0.152. The van der Waals surface area contributed by atoms with E-state index < -0.39 is 20.0 Å². The van der Waals surface area contributed by atoms with E-state index in [2.05, 4.69) is 4.72 Å². The monoisotopic (exact) mass is 382 g/mol. The molecule has 2 rings (SSSR count). The lowest BCUT2D eigenvalue weighted by atomic mass is 10.1. The Labute approximate surface area is 149 Å². The van der Waals surface area contributed by atoms with Crippen LogP contribution in [-0.4, -0.2) is 40.5 Å². The highest BCUT2D eigenvalue weighted by Crippen LogP contribution is 2.10. The number of hydrogen-bond donors (Lipinski definition) is 1. The Morgan fingerprint density at radius 3 is 2.08 bits per heavy atom. The summed E-state index contributed by atoms with van der Waals surface area (Å²) in [5.74, 6) is 0. The van der Waals surface area contributed by atoms with Gasteiger partial charge in [0, 0.05) is 19.6 Å². The normalized spacial score (nSPS) is 12.4. The molecule has 0 spiro atoms. The summed E-state index contributed by atoms with van der Waals surface area (Å²) in [5.41, 5.74) is 1.94. The quantitative estimate of drug-likeness (QED) is 0.754. The molecule has 0 fully saturated rings. The van der Waals surface area contributed by atoms with Crippen LogP contribution in [0.2, 0.25) is 0 Å². The molecule has 0 aromatic heterocycles. The zero-order valence-electron chi connectivity index (χ0n) is 14.2. The van der Waals surface area contributed by atoms with Gasteiger partial charge in [-0.15, -0.1) is 0 Å². The molecule has 0 atom stereocenters. The standard InChI is InChI=1S/C17H22N2O4S2/c1-15-8-10-16(11-9-15)14-19(24(2,20)21)13-12-18-25(22,23)17-6-4-3-5-7-17/h3-11,18H,12-14H2,1-2H3. The van der Waals surface area contributed by atoms with Gasteiger partial charge in [-0.05, 0) is 24.6 Å². The van der Waals surface area contributed by atoms with Crippen LogP contribution in [0.4, 0.5) is 0 Å². The number of hydrogen-bond acceptors (Lipinski definition) is 4. The third-order valence-electron chi connectivity index (χ3n) is 3.66. The largest absolute Gasteiger partial charge is 0.240 e. The van der Waals surface area contributed by atoms with Crippen LogP contribution in [0.3, 0.4) is 0 Å². The van der Waals surface area contributed by atoms with Gasteiger partial charge in [0.1, 0.15) is 0 Å². The fourth-order valence-electron chi connectivity index (χ4n) is 2.25. The Balaban J connectivity index is 2.02. The third-order valence-corrected chi connectivity index (χ3v) is 6.38. The molecule has 25 heavy (non-hydrogen) atoms. The number of nitrogens with zero attached hydrogens (tertiary/aromatic N) is 1. The lowest BCUT2D eigenvalue weighted by Crippen LogP contribution is -2.37. The molecule has 0 saturated heterocycles. The second-order valence-corrected chi connectivity index (χ2v) is 9.54. The first-order chi connectivity index (χ1) is 11.7. The number of aryl methyl sites for hydroxylation is 1. The molecule has 0 amide bonds. The Bertz CT molecular complexity index is 893. The van der Waals surface area contributed by atoms with Gasteiger partial charge in [-0.2, -0.15) is 4.31 Å². The molecule has 0 heterocycles. The Morgan fingerprint density at radius 1 is 0.920 bits per heavy atom. The average molecular weight is 383 g/mol. The molecule has 0 radical (unpaired) electrons. The number of sulfonamides is 2. The van der Waals surface area contributed by atoms with Crippen molar-refractivity contribution in [2.75, 3.05) is 19.3 Å². The second kappa shape index (κ2) is 8.09.